The van der Waals surface area contributed by atoms with Crippen LogP contribution < -0.4 is 5.32 Å². The minimum Gasteiger partial charge on any atom is -0.392 e. The maximum Gasteiger partial charge on any atom is 0.273 e. The topological polar surface area (TPSA) is 89.3 Å². The predicted molar refractivity (Wildman–Crippen MR) is 77.1 cm³/mol. The molecule has 1 aliphatic heterocycles. The van der Waals surface area contributed by atoms with Crippen molar-refractivity contribution in [2.24, 2.45) is 11.3 Å². The summed E-state index contributed by atoms with van der Waals surface area (Å²) in [7, 11) is 0. The Bertz CT molecular complexity index is 563. The van der Waals surface area contributed by atoms with Crippen molar-refractivity contribution in [3.05, 3.63) is 11.9 Å². The van der Waals surface area contributed by atoms with Crippen LogP contribution in [0.15, 0.2) is 6.20 Å². The van der Waals surface area contributed by atoms with E-state index >= 15 is 0 Å². The first-order chi connectivity index (χ1) is 10.7. The van der Waals surface area contributed by atoms with E-state index in [4.69, 9.17) is 4.74 Å². The molecule has 0 radical (unpaired) electrons. The number of hydrogen-bond donors (Lipinski definition) is 2. The monoisotopic (exact) mass is 306 g/mol. The van der Waals surface area contributed by atoms with Gasteiger partial charge < -0.3 is 15.2 Å². The van der Waals surface area contributed by atoms with E-state index in [0.29, 0.717) is 31.2 Å². The highest BCUT2D eigenvalue weighted by atomic mass is 16.5. The molecule has 1 aromatic rings. The van der Waals surface area contributed by atoms with Crippen LogP contribution in [0, 0.1) is 11.3 Å². The zero-order valence-corrected chi connectivity index (χ0v) is 12.6. The van der Waals surface area contributed by atoms with E-state index in [9.17, 15) is 9.90 Å². The van der Waals surface area contributed by atoms with Gasteiger partial charge in [-0.05, 0) is 38.0 Å². The van der Waals surface area contributed by atoms with Crippen molar-refractivity contribution in [3.63, 3.8) is 0 Å². The zero-order chi connectivity index (χ0) is 15.2. The van der Waals surface area contributed by atoms with Gasteiger partial charge in [-0.1, -0.05) is 5.21 Å². The van der Waals surface area contributed by atoms with E-state index in [-0.39, 0.29) is 23.5 Å². The summed E-state index contributed by atoms with van der Waals surface area (Å²) in [6.07, 6.45) is 6.08. The van der Waals surface area contributed by atoms with Gasteiger partial charge in [0.25, 0.3) is 5.91 Å². The highest BCUT2D eigenvalue weighted by Crippen LogP contribution is 2.49. The molecule has 1 spiro atoms. The Morgan fingerprint density at radius 1 is 1.45 bits per heavy atom. The number of nitrogens with zero attached hydrogens (tertiary/aromatic N) is 3. The van der Waals surface area contributed by atoms with E-state index in [1.165, 1.54) is 12.8 Å². The molecule has 1 aromatic heterocycles. The summed E-state index contributed by atoms with van der Waals surface area (Å²) in [4.78, 5) is 12.4. The first-order valence-electron chi connectivity index (χ1n) is 8.14. The second-order valence-corrected chi connectivity index (χ2v) is 6.89. The van der Waals surface area contributed by atoms with Crippen molar-refractivity contribution in [2.75, 3.05) is 13.2 Å². The Labute approximate surface area is 129 Å². The molecule has 0 bridgehead atoms. The molecule has 7 heteroatoms. The van der Waals surface area contributed by atoms with E-state index in [1.807, 2.05) is 0 Å². The molecule has 1 amide bonds. The van der Waals surface area contributed by atoms with Gasteiger partial charge in [0.1, 0.15) is 0 Å². The fourth-order valence-electron chi connectivity index (χ4n) is 3.69. The molecule has 1 saturated heterocycles. The molecule has 3 fully saturated rings. The van der Waals surface area contributed by atoms with Gasteiger partial charge in [-0.25, -0.2) is 0 Å². The van der Waals surface area contributed by atoms with Crippen molar-refractivity contribution >= 4 is 5.91 Å². The van der Waals surface area contributed by atoms with Crippen LogP contribution in [0.2, 0.25) is 0 Å². The summed E-state index contributed by atoms with van der Waals surface area (Å²) < 4.78 is 7.14. The van der Waals surface area contributed by atoms with Crippen LogP contribution in [0.5, 0.6) is 0 Å². The molecule has 7 nitrogen and oxygen atoms in total. The third kappa shape index (κ3) is 2.42. The molecule has 2 saturated carbocycles. The fraction of sp³-hybridized carbons (Fsp3) is 0.800. The van der Waals surface area contributed by atoms with Gasteiger partial charge in [-0.2, -0.15) is 0 Å². The normalized spacial score (nSPS) is 30.0. The van der Waals surface area contributed by atoms with Gasteiger partial charge >= 0.3 is 0 Å². The quantitative estimate of drug-likeness (QED) is 0.838. The lowest BCUT2D eigenvalue weighted by molar-refractivity contribution is -0.145. The zero-order valence-electron chi connectivity index (χ0n) is 12.6. The van der Waals surface area contributed by atoms with Crippen molar-refractivity contribution < 1.29 is 14.6 Å². The third-order valence-corrected chi connectivity index (χ3v) is 5.46. The van der Waals surface area contributed by atoms with Crippen molar-refractivity contribution in [1.29, 1.82) is 0 Å². The number of aliphatic hydroxyl groups excluding tert-OH is 1. The highest BCUT2D eigenvalue weighted by Gasteiger charge is 2.55. The Morgan fingerprint density at radius 2 is 2.23 bits per heavy atom. The number of ether oxygens (including phenoxy) is 1. The van der Waals surface area contributed by atoms with Gasteiger partial charge in [0.05, 0.1) is 12.3 Å². The molecular formula is C15H22N4O3. The van der Waals surface area contributed by atoms with Crippen LogP contribution in [0.1, 0.15) is 42.6 Å². The SMILES string of the molecule is O=C(N[C@@H]1C[C@@H](O)C12CCOCC2)c1cn(CC2CC2)nn1. The number of aliphatic hydroxyl groups is 1. The van der Waals surface area contributed by atoms with E-state index < -0.39 is 0 Å². The van der Waals surface area contributed by atoms with Crippen LogP contribution in [-0.4, -0.2) is 51.4 Å². The lowest BCUT2D eigenvalue weighted by Gasteiger charge is -2.55. The Morgan fingerprint density at radius 3 is 2.91 bits per heavy atom. The minimum absolute atomic E-state index is 0.00693. The summed E-state index contributed by atoms with van der Waals surface area (Å²) in [5.41, 5.74) is 0.155. The minimum atomic E-state index is -0.341. The van der Waals surface area contributed by atoms with Gasteiger partial charge in [0.2, 0.25) is 0 Å². The molecule has 3 aliphatic rings. The van der Waals surface area contributed by atoms with Crippen molar-refractivity contribution in [3.8, 4) is 0 Å². The van der Waals surface area contributed by atoms with Gasteiger partial charge in [0, 0.05) is 31.2 Å². The number of hydrogen-bond acceptors (Lipinski definition) is 5. The van der Waals surface area contributed by atoms with Crippen molar-refractivity contribution in [2.45, 2.75) is 50.8 Å². The van der Waals surface area contributed by atoms with Crippen LogP contribution in [-0.2, 0) is 11.3 Å². The third-order valence-electron chi connectivity index (χ3n) is 5.46. The van der Waals surface area contributed by atoms with Crippen LogP contribution in [0.4, 0.5) is 0 Å². The Hall–Kier alpha value is -1.47. The summed E-state index contributed by atoms with van der Waals surface area (Å²) in [6.45, 7) is 2.16. The Balaban J connectivity index is 1.39. The van der Waals surface area contributed by atoms with Gasteiger partial charge in [0.15, 0.2) is 5.69 Å². The van der Waals surface area contributed by atoms with E-state index in [2.05, 4.69) is 15.6 Å². The molecule has 2 aliphatic carbocycles. The van der Waals surface area contributed by atoms with Gasteiger partial charge in [-0.15, -0.1) is 5.10 Å². The summed E-state index contributed by atoms with van der Waals surface area (Å²) in [6, 6.07) is 0.00693. The van der Waals surface area contributed by atoms with Crippen LogP contribution in [0.3, 0.4) is 0 Å². The molecule has 4 rings (SSSR count). The smallest absolute Gasteiger partial charge is 0.273 e. The maximum absolute atomic E-state index is 12.4. The van der Waals surface area contributed by atoms with E-state index in [1.54, 1.807) is 10.9 Å². The molecule has 0 unspecified atom stereocenters. The summed E-state index contributed by atoms with van der Waals surface area (Å²) in [5.74, 6) is 0.509. The first-order valence-corrected chi connectivity index (χ1v) is 8.14. The Kier molecular flexibility index (Phi) is 3.41. The molecule has 2 heterocycles. The average Bonchev–Trinajstić information content (AvgIpc) is 3.22. The summed E-state index contributed by atoms with van der Waals surface area (Å²) >= 11 is 0. The second-order valence-electron chi connectivity index (χ2n) is 6.89. The molecule has 2 N–H and O–H groups in total. The lowest BCUT2D eigenvalue weighted by Crippen LogP contribution is -2.65. The predicted octanol–water partition coefficient (Wildman–Crippen LogP) is 0.348. The number of aromatic nitrogens is 3. The second kappa shape index (κ2) is 5.31. The van der Waals surface area contributed by atoms with Crippen molar-refractivity contribution in [1.82, 2.24) is 20.3 Å². The van der Waals surface area contributed by atoms with Crippen LogP contribution >= 0.6 is 0 Å². The average molecular weight is 306 g/mol. The standard InChI is InChI=1S/C15H22N4O3/c20-13-7-12(15(13)3-5-22-6-4-15)16-14(21)11-9-19(18-17-11)8-10-1-2-10/h9-10,12-13,20H,1-8H2,(H,16,21)/t12-,13-/m1/s1. The number of amides is 1. The van der Waals surface area contributed by atoms with Gasteiger partial charge in [-0.3, -0.25) is 9.48 Å². The molecule has 22 heavy (non-hydrogen) atoms. The number of carbonyl (C=O) groups is 1. The number of carbonyl (C=O) groups excluding carboxylic acids is 1. The highest BCUT2D eigenvalue weighted by molar-refractivity contribution is 5.92. The van der Waals surface area contributed by atoms with Crippen LogP contribution in [0.25, 0.3) is 0 Å². The lowest BCUT2D eigenvalue weighted by atomic mass is 9.58. The fourth-order valence-corrected chi connectivity index (χ4v) is 3.69. The number of nitrogens with one attached hydrogen (secondary N) is 1. The molecule has 0 aromatic carbocycles. The summed E-state index contributed by atoms with van der Waals surface area (Å²) in [5, 5.41) is 21.2. The van der Waals surface area contributed by atoms with E-state index in [0.717, 1.165) is 19.4 Å². The number of rotatable bonds is 4. The molecule has 120 valence electrons. The molecular weight excluding hydrogens is 284 g/mol. The molecule has 2 atom stereocenters. The first kappa shape index (κ1) is 14.1. The largest absolute Gasteiger partial charge is 0.392 e. The maximum atomic E-state index is 12.4.